The van der Waals surface area contributed by atoms with E-state index in [1.807, 2.05) is 6.92 Å². The van der Waals surface area contributed by atoms with E-state index in [9.17, 15) is 0 Å². The van der Waals surface area contributed by atoms with Gasteiger partial charge in [0.2, 0.25) is 0 Å². The summed E-state index contributed by atoms with van der Waals surface area (Å²) in [5, 5.41) is 2.73. The maximum absolute atomic E-state index is 6.20. The lowest BCUT2D eigenvalue weighted by atomic mass is 10.1. The van der Waals surface area contributed by atoms with Crippen LogP contribution in [0.1, 0.15) is 35.0 Å². The van der Waals surface area contributed by atoms with Gasteiger partial charge in [0.25, 0.3) is 0 Å². The lowest BCUT2D eigenvalue weighted by Gasteiger charge is -2.07. The smallest absolute Gasteiger partial charge is 0.136 e. The predicted octanol–water partition coefficient (Wildman–Crippen LogP) is 4.35. The van der Waals surface area contributed by atoms with Gasteiger partial charge in [-0.25, -0.2) is 9.97 Å². The van der Waals surface area contributed by atoms with Gasteiger partial charge in [-0.15, -0.1) is 11.3 Å². The van der Waals surface area contributed by atoms with Gasteiger partial charge in [0.05, 0.1) is 5.69 Å². The Morgan fingerprint density at radius 2 is 2.06 bits per heavy atom. The molecule has 2 aromatic heterocycles. The van der Waals surface area contributed by atoms with Gasteiger partial charge in [-0.05, 0) is 32.8 Å². The van der Waals surface area contributed by atoms with E-state index >= 15 is 0 Å². The average molecular weight is 265 g/mol. The second-order valence-electron chi connectivity index (χ2n) is 4.57. The second-order valence-corrected chi connectivity index (χ2v) is 6.04. The molecule has 0 spiro atoms. The van der Waals surface area contributed by atoms with Gasteiger partial charge in [0.1, 0.15) is 11.0 Å². The first kappa shape index (κ1) is 11.2. The number of halogens is 1. The molecule has 0 saturated heterocycles. The molecule has 0 unspecified atom stereocenters. The average Bonchev–Trinajstić information content (AvgIpc) is 3.05. The maximum Gasteiger partial charge on any atom is 0.136 e. The molecular weight excluding hydrogens is 252 g/mol. The Balaban J connectivity index is 2.13. The lowest BCUT2D eigenvalue weighted by molar-refractivity contribution is 0.922. The normalized spacial score (nSPS) is 15.2. The summed E-state index contributed by atoms with van der Waals surface area (Å²) < 4.78 is 0. The number of hydrogen-bond donors (Lipinski definition) is 0. The van der Waals surface area contributed by atoms with Crippen molar-refractivity contribution in [3.8, 4) is 11.3 Å². The molecule has 88 valence electrons. The maximum atomic E-state index is 6.20. The van der Waals surface area contributed by atoms with Gasteiger partial charge in [0, 0.05) is 27.3 Å². The van der Waals surface area contributed by atoms with Gasteiger partial charge in [0.15, 0.2) is 0 Å². The summed E-state index contributed by atoms with van der Waals surface area (Å²) in [5.74, 6) is 1.45. The quantitative estimate of drug-likeness (QED) is 0.754. The van der Waals surface area contributed by atoms with Crippen molar-refractivity contribution in [1.29, 1.82) is 0 Å². The number of aryl methyl sites for hydroxylation is 1. The Bertz CT molecular complexity index is 573. The van der Waals surface area contributed by atoms with Gasteiger partial charge in [-0.2, -0.15) is 0 Å². The molecule has 17 heavy (non-hydrogen) atoms. The van der Waals surface area contributed by atoms with Crippen LogP contribution in [0.2, 0.25) is 5.15 Å². The summed E-state index contributed by atoms with van der Waals surface area (Å²) in [5.41, 5.74) is 3.14. The fraction of sp³-hybridized carbons (Fsp3) is 0.385. The van der Waals surface area contributed by atoms with Crippen molar-refractivity contribution in [3.05, 3.63) is 32.9 Å². The van der Waals surface area contributed by atoms with Crippen molar-refractivity contribution in [2.75, 3.05) is 0 Å². The molecule has 0 N–H and O–H groups in total. The van der Waals surface area contributed by atoms with Crippen molar-refractivity contribution in [2.24, 2.45) is 0 Å². The van der Waals surface area contributed by atoms with Crippen molar-refractivity contribution < 1.29 is 0 Å². The number of nitrogens with zero attached hydrogens (tertiary/aromatic N) is 2. The topological polar surface area (TPSA) is 25.8 Å². The molecule has 1 fully saturated rings. The molecule has 0 aromatic carbocycles. The third-order valence-electron chi connectivity index (χ3n) is 3.05. The van der Waals surface area contributed by atoms with Crippen LogP contribution in [0.5, 0.6) is 0 Å². The van der Waals surface area contributed by atoms with Crippen LogP contribution < -0.4 is 0 Å². The fourth-order valence-corrected chi connectivity index (χ4v) is 2.74. The number of thiophene rings is 1. The molecule has 0 amide bonds. The van der Waals surface area contributed by atoms with Crippen LogP contribution in [0.3, 0.4) is 0 Å². The minimum absolute atomic E-state index is 0.534. The molecule has 1 aliphatic rings. The standard InChI is InChI=1S/C13H13ClN2S/c1-7-5-10(6-17-7)11-8(2)12(14)16-13(15-11)9-3-4-9/h5-6,9H,3-4H2,1-2H3. The summed E-state index contributed by atoms with van der Waals surface area (Å²) in [6.07, 6.45) is 2.39. The van der Waals surface area contributed by atoms with Crippen LogP contribution in [-0.4, -0.2) is 9.97 Å². The molecule has 3 rings (SSSR count). The van der Waals surface area contributed by atoms with Crippen LogP contribution >= 0.6 is 22.9 Å². The van der Waals surface area contributed by atoms with Crippen LogP contribution in [0.15, 0.2) is 11.4 Å². The van der Waals surface area contributed by atoms with Crippen LogP contribution in [-0.2, 0) is 0 Å². The minimum Gasteiger partial charge on any atom is -0.232 e. The lowest BCUT2D eigenvalue weighted by Crippen LogP contribution is -1.98. The Morgan fingerprint density at radius 1 is 1.29 bits per heavy atom. The molecular formula is C13H13ClN2S. The highest BCUT2D eigenvalue weighted by atomic mass is 35.5. The number of hydrogen-bond acceptors (Lipinski definition) is 3. The van der Waals surface area contributed by atoms with Gasteiger partial charge >= 0.3 is 0 Å². The first-order valence-electron chi connectivity index (χ1n) is 5.74. The van der Waals surface area contributed by atoms with Crippen molar-refractivity contribution in [2.45, 2.75) is 32.6 Å². The van der Waals surface area contributed by atoms with E-state index in [2.05, 4.69) is 28.3 Å². The molecule has 1 aliphatic carbocycles. The van der Waals surface area contributed by atoms with Crippen molar-refractivity contribution in [3.63, 3.8) is 0 Å². The van der Waals surface area contributed by atoms with Crippen LogP contribution in [0.4, 0.5) is 0 Å². The summed E-state index contributed by atoms with van der Waals surface area (Å²) >= 11 is 7.94. The Kier molecular flexibility index (Phi) is 2.68. The molecule has 4 heteroatoms. The van der Waals surface area contributed by atoms with Gasteiger partial charge in [-0.1, -0.05) is 11.6 Å². The first-order chi connectivity index (χ1) is 8.15. The summed E-state index contributed by atoms with van der Waals surface area (Å²) in [7, 11) is 0. The highest BCUT2D eigenvalue weighted by Gasteiger charge is 2.28. The van der Waals surface area contributed by atoms with E-state index in [1.165, 1.54) is 17.7 Å². The molecule has 2 heterocycles. The summed E-state index contributed by atoms with van der Waals surface area (Å²) in [4.78, 5) is 10.4. The van der Waals surface area contributed by atoms with Gasteiger partial charge in [-0.3, -0.25) is 0 Å². The molecule has 0 atom stereocenters. The van der Waals surface area contributed by atoms with Gasteiger partial charge < -0.3 is 0 Å². The van der Waals surface area contributed by atoms with E-state index in [4.69, 9.17) is 11.6 Å². The van der Waals surface area contributed by atoms with Crippen molar-refractivity contribution >= 4 is 22.9 Å². The molecule has 0 radical (unpaired) electrons. The SMILES string of the molecule is Cc1cc(-c2nc(C3CC3)nc(Cl)c2C)cs1. The fourth-order valence-electron chi connectivity index (χ4n) is 1.88. The van der Waals surface area contributed by atoms with E-state index in [0.717, 1.165) is 22.6 Å². The molecule has 2 aromatic rings. The summed E-state index contributed by atoms with van der Waals surface area (Å²) in [6.45, 7) is 4.09. The zero-order chi connectivity index (χ0) is 12.0. The van der Waals surface area contributed by atoms with Crippen LogP contribution in [0.25, 0.3) is 11.3 Å². The molecule has 1 saturated carbocycles. The third kappa shape index (κ3) is 2.09. The molecule has 2 nitrogen and oxygen atoms in total. The molecule has 0 bridgehead atoms. The van der Waals surface area contributed by atoms with E-state index in [0.29, 0.717) is 11.1 Å². The third-order valence-corrected chi connectivity index (χ3v) is 4.28. The van der Waals surface area contributed by atoms with E-state index < -0.39 is 0 Å². The zero-order valence-electron chi connectivity index (χ0n) is 9.83. The van der Waals surface area contributed by atoms with Crippen LogP contribution in [0, 0.1) is 13.8 Å². The van der Waals surface area contributed by atoms with E-state index in [-0.39, 0.29) is 0 Å². The number of rotatable bonds is 2. The highest BCUT2D eigenvalue weighted by Crippen LogP contribution is 2.40. The monoisotopic (exact) mass is 264 g/mol. The Hall–Kier alpha value is -0.930. The number of aromatic nitrogens is 2. The van der Waals surface area contributed by atoms with E-state index in [1.54, 1.807) is 11.3 Å². The largest absolute Gasteiger partial charge is 0.232 e. The predicted molar refractivity (Wildman–Crippen MR) is 71.8 cm³/mol. The minimum atomic E-state index is 0.534. The first-order valence-corrected chi connectivity index (χ1v) is 7.00. The Morgan fingerprint density at radius 3 is 2.65 bits per heavy atom. The summed E-state index contributed by atoms with van der Waals surface area (Å²) in [6, 6.07) is 2.16. The Labute approximate surface area is 110 Å². The molecule has 0 aliphatic heterocycles. The second kappa shape index (κ2) is 4.07. The highest BCUT2D eigenvalue weighted by molar-refractivity contribution is 7.10. The van der Waals surface area contributed by atoms with Crippen molar-refractivity contribution in [1.82, 2.24) is 9.97 Å². The zero-order valence-corrected chi connectivity index (χ0v) is 11.4.